The van der Waals surface area contributed by atoms with Crippen LogP contribution < -0.4 is 5.32 Å². The average Bonchev–Trinajstić information content (AvgIpc) is 2.83. The highest BCUT2D eigenvalue weighted by molar-refractivity contribution is 7.10. The minimum atomic E-state index is -0.380. The Hall–Kier alpha value is -1.14. The molecule has 0 fully saturated rings. The lowest BCUT2D eigenvalue weighted by Crippen LogP contribution is -2.19. The van der Waals surface area contributed by atoms with E-state index < -0.39 is 0 Å². The number of thiophene rings is 1. The maximum atomic E-state index is 11.1. The largest absolute Gasteiger partial charge is 0.312 e. The summed E-state index contributed by atoms with van der Waals surface area (Å²) in [5, 5.41) is 16.8. The quantitative estimate of drug-likeness (QED) is 0.638. The summed E-state index contributed by atoms with van der Waals surface area (Å²) in [4.78, 5) is 12.0. The molecule has 1 aromatic heterocycles. The Morgan fingerprint density at radius 2 is 2.14 bits per heavy atom. The van der Waals surface area contributed by atoms with Crippen LogP contribution in [0.25, 0.3) is 0 Å². The summed E-state index contributed by atoms with van der Waals surface area (Å²) >= 11 is 7.50. The second-order valence-electron chi connectivity index (χ2n) is 4.54. The smallest absolute Gasteiger partial charge is 0.274 e. The van der Waals surface area contributed by atoms with Crippen LogP contribution in [0.4, 0.5) is 5.69 Å². The monoisotopic (exact) mass is 346 g/mol. The van der Waals surface area contributed by atoms with E-state index >= 15 is 0 Å². The molecular formula is C14H16Cl2N2O2S. The second kappa shape index (κ2) is 7.75. The molecule has 1 aromatic carbocycles. The Labute approximate surface area is 138 Å². The van der Waals surface area contributed by atoms with E-state index in [2.05, 4.69) is 11.4 Å². The van der Waals surface area contributed by atoms with Crippen molar-refractivity contribution in [3.63, 3.8) is 0 Å². The van der Waals surface area contributed by atoms with Gasteiger partial charge in [0, 0.05) is 27.6 Å². The first kappa shape index (κ1) is 17.9. The van der Waals surface area contributed by atoms with E-state index in [0.29, 0.717) is 17.0 Å². The second-order valence-corrected chi connectivity index (χ2v) is 5.93. The normalized spacial score (nSPS) is 11.8. The molecule has 4 nitrogen and oxygen atoms in total. The number of aryl methyl sites for hydroxylation is 1. The molecular weight excluding hydrogens is 331 g/mol. The summed E-state index contributed by atoms with van der Waals surface area (Å²) in [5.74, 6) is 0. The van der Waals surface area contributed by atoms with Crippen molar-refractivity contribution in [2.24, 2.45) is 0 Å². The van der Waals surface area contributed by atoms with Gasteiger partial charge in [-0.05, 0) is 43.5 Å². The van der Waals surface area contributed by atoms with Gasteiger partial charge in [0.1, 0.15) is 0 Å². The Kier molecular flexibility index (Phi) is 6.61. The van der Waals surface area contributed by atoms with E-state index in [1.807, 2.05) is 19.4 Å². The summed E-state index contributed by atoms with van der Waals surface area (Å²) in [6.45, 7) is 2.05. The molecule has 0 amide bonds. The van der Waals surface area contributed by atoms with Gasteiger partial charge in [0.2, 0.25) is 0 Å². The zero-order chi connectivity index (χ0) is 14.7. The third-order valence-corrected chi connectivity index (χ3v) is 4.60. The number of hydrogen-bond acceptors (Lipinski definition) is 4. The van der Waals surface area contributed by atoms with Gasteiger partial charge in [0.15, 0.2) is 0 Å². The van der Waals surface area contributed by atoms with Crippen LogP contribution in [0.5, 0.6) is 0 Å². The van der Waals surface area contributed by atoms with Crippen LogP contribution in [0.1, 0.15) is 22.0 Å². The Morgan fingerprint density at radius 1 is 1.43 bits per heavy atom. The van der Waals surface area contributed by atoms with Crippen molar-refractivity contribution < 1.29 is 4.92 Å². The van der Waals surface area contributed by atoms with Gasteiger partial charge in [-0.1, -0.05) is 17.7 Å². The van der Waals surface area contributed by atoms with Crippen molar-refractivity contribution in [1.29, 1.82) is 0 Å². The van der Waals surface area contributed by atoms with Crippen molar-refractivity contribution >= 4 is 41.0 Å². The summed E-state index contributed by atoms with van der Waals surface area (Å²) in [6.07, 6.45) is 0.561. The highest BCUT2D eigenvalue weighted by Crippen LogP contribution is 2.31. The van der Waals surface area contributed by atoms with Crippen LogP contribution in [0.2, 0.25) is 5.02 Å². The highest BCUT2D eigenvalue weighted by atomic mass is 35.5. The van der Waals surface area contributed by atoms with E-state index in [1.54, 1.807) is 23.5 Å². The van der Waals surface area contributed by atoms with Gasteiger partial charge in [-0.15, -0.1) is 23.7 Å². The number of nitrogens with zero attached hydrogens (tertiary/aromatic N) is 1. The average molecular weight is 347 g/mol. The minimum Gasteiger partial charge on any atom is -0.312 e. The van der Waals surface area contributed by atoms with E-state index in [4.69, 9.17) is 11.6 Å². The maximum absolute atomic E-state index is 11.1. The van der Waals surface area contributed by atoms with Crippen molar-refractivity contribution in [2.45, 2.75) is 19.4 Å². The fourth-order valence-electron chi connectivity index (χ4n) is 2.17. The molecule has 7 heteroatoms. The van der Waals surface area contributed by atoms with Crippen molar-refractivity contribution in [3.8, 4) is 0 Å². The van der Waals surface area contributed by atoms with E-state index in [0.717, 1.165) is 0 Å². The number of halogens is 2. The Bertz CT molecular complexity index is 631. The fraction of sp³-hybridized carbons (Fsp3) is 0.286. The third-order valence-electron chi connectivity index (χ3n) is 3.23. The molecule has 0 radical (unpaired) electrons. The lowest BCUT2D eigenvalue weighted by molar-refractivity contribution is -0.385. The molecule has 0 saturated heterocycles. The standard InChI is InChI=1S/C14H15ClN2O2S.ClH/c1-9-5-6-20-14(9)12(16-2)7-10-3-4-11(15)8-13(10)17(18)19;/h3-6,8,12,16H,7H2,1-2H3;1H. The van der Waals surface area contributed by atoms with E-state index in [-0.39, 0.29) is 29.1 Å². The summed E-state index contributed by atoms with van der Waals surface area (Å²) in [5.41, 5.74) is 1.96. The molecule has 0 saturated carbocycles. The number of nitro benzene ring substituents is 1. The summed E-state index contributed by atoms with van der Waals surface area (Å²) in [7, 11) is 1.87. The first-order valence-corrected chi connectivity index (χ1v) is 7.42. The van der Waals surface area contributed by atoms with Crippen LogP contribution in [-0.4, -0.2) is 12.0 Å². The molecule has 2 aromatic rings. The Balaban J connectivity index is 0.00000220. The number of rotatable bonds is 5. The molecule has 0 spiro atoms. The molecule has 0 aliphatic carbocycles. The topological polar surface area (TPSA) is 55.2 Å². The van der Waals surface area contributed by atoms with Crippen molar-refractivity contribution in [2.75, 3.05) is 7.05 Å². The van der Waals surface area contributed by atoms with Crippen LogP contribution >= 0.6 is 35.3 Å². The molecule has 0 aliphatic rings. The van der Waals surface area contributed by atoms with E-state index in [1.165, 1.54) is 16.5 Å². The van der Waals surface area contributed by atoms with Crippen LogP contribution in [0.15, 0.2) is 29.6 Å². The third kappa shape index (κ3) is 4.17. The molecule has 1 atom stereocenters. The first-order chi connectivity index (χ1) is 9.52. The summed E-state index contributed by atoms with van der Waals surface area (Å²) < 4.78 is 0. The van der Waals surface area contributed by atoms with Gasteiger partial charge in [0.05, 0.1) is 4.92 Å². The van der Waals surface area contributed by atoms with Crippen molar-refractivity contribution in [1.82, 2.24) is 5.32 Å². The van der Waals surface area contributed by atoms with Gasteiger partial charge in [-0.25, -0.2) is 0 Å². The summed E-state index contributed by atoms with van der Waals surface area (Å²) in [6, 6.07) is 6.95. The molecule has 0 bridgehead atoms. The van der Waals surface area contributed by atoms with E-state index in [9.17, 15) is 10.1 Å². The molecule has 1 heterocycles. The maximum Gasteiger partial charge on any atom is 0.274 e. The molecule has 0 aliphatic heterocycles. The molecule has 114 valence electrons. The van der Waals surface area contributed by atoms with Crippen LogP contribution in [0, 0.1) is 17.0 Å². The minimum absolute atomic E-state index is 0. The van der Waals surface area contributed by atoms with Crippen LogP contribution in [0.3, 0.4) is 0 Å². The number of nitrogens with one attached hydrogen (secondary N) is 1. The number of likely N-dealkylation sites (N-methyl/N-ethyl adjacent to an activating group) is 1. The molecule has 1 unspecified atom stereocenters. The Morgan fingerprint density at radius 3 is 2.67 bits per heavy atom. The van der Waals surface area contributed by atoms with Crippen molar-refractivity contribution in [3.05, 3.63) is 60.8 Å². The number of benzene rings is 1. The SMILES string of the molecule is CNC(Cc1ccc(Cl)cc1[N+](=O)[O-])c1sccc1C.Cl. The predicted molar refractivity (Wildman–Crippen MR) is 89.9 cm³/mol. The number of nitro groups is 1. The lowest BCUT2D eigenvalue weighted by Gasteiger charge is -2.16. The predicted octanol–water partition coefficient (Wildman–Crippen LogP) is 4.54. The first-order valence-electron chi connectivity index (χ1n) is 6.17. The van der Waals surface area contributed by atoms with Crippen LogP contribution in [-0.2, 0) is 6.42 Å². The number of hydrogen-bond donors (Lipinski definition) is 1. The zero-order valence-electron chi connectivity index (χ0n) is 11.6. The van der Waals surface area contributed by atoms with Gasteiger partial charge in [-0.3, -0.25) is 10.1 Å². The van der Waals surface area contributed by atoms with Gasteiger partial charge >= 0.3 is 0 Å². The van der Waals surface area contributed by atoms with Gasteiger partial charge in [-0.2, -0.15) is 0 Å². The lowest BCUT2D eigenvalue weighted by atomic mass is 10.0. The molecule has 2 rings (SSSR count). The fourth-order valence-corrected chi connectivity index (χ4v) is 3.37. The van der Waals surface area contributed by atoms with Gasteiger partial charge in [0.25, 0.3) is 5.69 Å². The zero-order valence-corrected chi connectivity index (χ0v) is 14.0. The molecule has 1 N–H and O–H groups in total. The van der Waals surface area contributed by atoms with Gasteiger partial charge < -0.3 is 5.32 Å². The molecule has 21 heavy (non-hydrogen) atoms. The highest BCUT2D eigenvalue weighted by Gasteiger charge is 2.20.